The van der Waals surface area contributed by atoms with E-state index in [0.717, 1.165) is 17.9 Å². The van der Waals surface area contributed by atoms with Gasteiger partial charge in [-0.05, 0) is 24.3 Å². The SMILES string of the molecule is CN(C(=O)c1ccccc1NN)C1CCSC1. The van der Waals surface area contributed by atoms with Gasteiger partial charge in [-0.25, -0.2) is 0 Å². The molecule has 1 fully saturated rings. The molecule has 1 aliphatic heterocycles. The Hall–Kier alpha value is -1.20. The summed E-state index contributed by atoms with van der Waals surface area (Å²) in [5.41, 5.74) is 3.88. The molecular formula is C12H17N3OS. The van der Waals surface area contributed by atoms with Gasteiger partial charge in [-0.15, -0.1) is 0 Å². The normalized spacial score (nSPS) is 19.1. The molecule has 3 N–H and O–H groups in total. The van der Waals surface area contributed by atoms with Gasteiger partial charge in [-0.1, -0.05) is 12.1 Å². The third-order valence-corrected chi connectivity index (χ3v) is 4.23. The predicted octanol–water partition coefficient (Wildman–Crippen LogP) is 1.55. The summed E-state index contributed by atoms with van der Waals surface area (Å²) in [4.78, 5) is 14.2. The minimum Gasteiger partial charge on any atom is -0.338 e. The fraction of sp³-hybridized carbons (Fsp3) is 0.417. The number of amides is 1. The summed E-state index contributed by atoms with van der Waals surface area (Å²) in [5.74, 6) is 7.62. The fourth-order valence-corrected chi connectivity index (χ4v) is 3.25. The number of nitrogens with zero attached hydrogens (tertiary/aromatic N) is 1. The van der Waals surface area contributed by atoms with Gasteiger partial charge >= 0.3 is 0 Å². The molecule has 1 heterocycles. The van der Waals surface area contributed by atoms with E-state index in [9.17, 15) is 4.79 Å². The number of hydrazine groups is 1. The van der Waals surface area contributed by atoms with Crippen LogP contribution >= 0.6 is 11.8 Å². The lowest BCUT2D eigenvalue weighted by atomic mass is 10.1. The van der Waals surface area contributed by atoms with Gasteiger partial charge in [-0.2, -0.15) is 11.8 Å². The molecule has 1 saturated heterocycles. The third kappa shape index (κ3) is 2.56. The number of nitrogens with one attached hydrogen (secondary N) is 1. The first-order valence-electron chi connectivity index (χ1n) is 5.64. The maximum atomic E-state index is 12.3. The zero-order chi connectivity index (χ0) is 12.3. The van der Waals surface area contributed by atoms with Crippen molar-refractivity contribution in [2.75, 3.05) is 24.0 Å². The molecule has 1 unspecified atom stereocenters. The van der Waals surface area contributed by atoms with Crippen molar-refractivity contribution >= 4 is 23.4 Å². The van der Waals surface area contributed by atoms with E-state index in [1.807, 2.05) is 41.9 Å². The van der Waals surface area contributed by atoms with Gasteiger partial charge in [-0.3, -0.25) is 10.6 Å². The molecular weight excluding hydrogens is 234 g/mol. The number of thioether (sulfide) groups is 1. The molecule has 0 aliphatic carbocycles. The van der Waals surface area contributed by atoms with E-state index in [1.165, 1.54) is 0 Å². The minimum absolute atomic E-state index is 0.0334. The standard InChI is InChI=1S/C12H17N3OS/c1-15(9-6-7-17-8-9)12(16)10-4-2-3-5-11(10)14-13/h2-5,9,14H,6-8,13H2,1H3. The number of hydrogen-bond acceptors (Lipinski definition) is 4. The lowest BCUT2D eigenvalue weighted by molar-refractivity contribution is 0.0749. The second-order valence-electron chi connectivity index (χ2n) is 4.12. The number of carbonyl (C=O) groups excluding carboxylic acids is 1. The Morgan fingerprint density at radius 3 is 2.94 bits per heavy atom. The van der Waals surface area contributed by atoms with E-state index in [-0.39, 0.29) is 5.91 Å². The first-order valence-corrected chi connectivity index (χ1v) is 6.80. The third-order valence-electron chi connectivity index (χ3n) is 3.09. The van der Waals surface area contributed by atoms with Crippen molar-refractivity contribution in [2.45, 2.75) is 12.5 Å². The largest absolute Gasteiger partial charge is 0.338 e. The van der Waals surface area contributed by atoms with Gasteiger partial charge in [0.15, 0.2) is 0 Å². The first-order chi connectivity index (χ1) is 8.24. The van der Waals surface area contributed by atoms with Gasteiger partial charge < -0.3 is 10.3 Å². The maximum Gasteiger partial charge on any atom is 0.256 e. The number of anilines is 1. The van der Waals surface area contributed by atoms with Gasteiger partial charge in [0.1, 0.15) is 0 Å². The summed E-state index contributed by atoms with van der Waals surface area (Å²) in [7, 11) is 1.87. The van der Waals surface area contributed by atoms with Gasteiger partial charge in [0.05, 0.1) is 11.3 Å². The molecule has 1 aliphatic rings. The van der Waals surface area contributed by atoms with Crippen molar-refractivity contribution in [1.82, 2.24) is 4.90 Å². The highest BCUT2D eigenvalue weighted by atomic mass is 32.2. The number of benzene rings is 1. The number of para-hydroxylation sites is 1. The molecule has 1 amide bonds. The maximum absolute atomic E-state index is 12.3. The molecule has 1 aromatic carbocycles. The highest BCUT2D eigenvalue weighted by Gasteiger charge is 2.25. The smallest absolute Gasteiger partial charge is 0.256 e. The van der Waals surface area contributed by atoms with Gasteiger partial charge in [0.25, 0.3) is 5.91 Å². The molecule has 5 heteroatoms. The van der Waals surface area contributed by atoms with Gasteiger partial charge in [0.2, 0.25) is 0 Å². The molecule has 0 aromatic heterocycles. The summed E-state index contributed by atoms with van der Waals surface area (Å²) >= 11 is 1.90. The van der Waals surface area contributed by atoms with Crippen molar-refractivity contribution in [1.29, 1.82) is 0 Å². The van der Waals surface area contributed by atoms with Gasteiger partial charge in [0, 0.05) is 18.8 Å². The molecule has 0 radical (unpaired) electrons. The average Bonchev–Trinajstić information content (AvgIpc) is 2.90. The molecule has 0 saturated carbocycles. The highest BCUT2D eigenvalue weighted by molar-refractivity contribution is 7.99. The molecule has 2 rings (SSSR count). The van der Waals surface area contributed by atoms with Crippen LogP contribution in [0.25, 0.3) is 0 Å². The van der Waals surface area contributed by atoms with Crippen molar-refractivity contribution in [3.63, 3.8) is 0 Å². The van der Waals surface area contributed by atoms with E-state index in [2.05, 4.69) is 5.43 Å². The number of carbonyl (C=O) groups is 1. The summed E-state index contributed by atoms with van der Waals surface area (Å²) in [5, 5.41) is 0. The van der Waals surface area contributed by atoms with Crippen LogP contribution < -0.4 is 11.3 Å². The quantitative estimate of drug-likeness (QED) is 0.632. The van der Waals surface area contributed by atoms with Crippen molar-refractivity contribution in [3.05, 3.63) is 29.8 Å². The van der Waals surface area contributed by atoms with Crippen molar-refractivity contribution in [2.24, 2.45) is 5.84 Å². The first kappa shape index (κ1) is 12.3. The van der Waals surface area contributed by atoms with Crippen LogP contribution in [-0.2, 0) is 0 Å². The number of hydrogen-bond donors (Lipinski definition) is 2. The van der Waals surface area contributed by atoms with Crippen LogP contribution in [0.4, 0.5) is 5.69 Å². The number of nitrogen functional groups attached to an aromatic ring is 1. The Bertz CT molecular complexity index is 404. The van der Waals surface area contributed by atoms with Crippen LogP contribution in [0.1, 0.15) is 16.8 Å². The van der Waals surface area contributed by atoms with E-state index in [0.29, 0.717) is 17.3 Å². The topological polar surface area (TPSA) is 58.4 Å². The Morgan fingerprint density at radius 1 is 1.53 bits per heavy atom. The van der Waals surface area contributed by atoms with Crippen LogP contribution in [0, 0.1) is 0 Å². The molecule has 1 atom stereocenters. The van der Waals surface area contributed by atoms with E-state index in [4.69, 9.17) is 5.84 Å². The molecule has 4 nitrogen and oxygen atoms in total. The van der Waals surface area contributed by atoms with E-state index in [1.54, 1.807) is 6.07 Å². The lowest BCUT2D eigenvalue weighted by Crippen LogP contribution is -2.37. The second-order valence-corrected chi connectivity index (χ2v) is 5.27. The van der Waals surface area contributed by atoms with Crippen LogP contribution in [0.3, 0.4) is 0 Å². The second kappa shape index (κ2) is 5.42. The summed E-state index contributed by atoms with van der Waals surface area (Å²) < 4.78 is 0. The molecule has 1 aromatic rings. The van der Waals surface area contributed by atoms with E-state index >= 15 is 0 Å². The van der Waals surface area contributed by atoms with Crippen LogP contribution in [0.2, 0.25) is 0 Å². The average molecular weight is 251 g/mol. The summed E-state index contributed by atoms with van der Waals surface area (Å²) in [6.07, 6.45) is 1.07. The minimum atomic E-state index is 0.0334. The Labute approximate surface area is 106 Å². The molecule has 0 spiro atoms. The van der Waals surface area contributed by atoms with Crippen LogP contribution in [-0.4, -0.2) is 35.4 Å². The zero-order valence-corrected chi connectivity index (χ0v) is 10.7. The van der Waals surface area contributed by atoms with Crippen LogP contribution in [0.15, 0.2) is 24.3 Å². The molecule has 17 heavy (non-hydrogen) atoms. The number of rotatable bonds is 3. The monoisotopic (exact) mass is 251 g/mol. The Balaban J connectivity index is 2.18. The molecule has 0 bridgehead atoms. The van der Waals surface area contributed by atoms with Crippen molar-refractivity contribution < 1.29 is 4.79 Å². The molecule has 92 valence electrons. The lowest BCUT2D eigenvalue weighted by Gasteiger charge is -2.24. The fourth-order valence-electron chi connectivity index (χ4n) is 1.98. The van der Waals surface area contributed by atoms with Crippen LogP contribution in [0.5, 0.6) is 0 Å². The Kier molecular flexibility index (Phi) is 3.91. The summed E-state index contributed by atoms with van der Waals surface area (Å²) in [6.45, 7) is 0. The summed E-state index contributed by atoms with van der Waals surface area (Å²) in [6, 6.07) is 7.67. The predicted molar refractivity (Wildman–Crippen MR) is 72.1 cm³/mol. The van der Waals surface area contributed by atoms with E-state index < -0.39 is 0 Å². The zero-order valence-electron chi connectivity index (χ0n) is 9.85. The van der Waals surface area contributed by atoms with Crippen molar-refractivity contribution in [3.8, 4) is 0 Å². The highest BCUT2D eigenvalue weighted by Crippen LogP contribution is 2.24. The number of nitrogens with two attached hydrogens (primary N) is 1. The Morgan fingerprint density at radius 2 is 2.29 bits per heavy atom.